The number of nitrogens with zero attached hydrogens (tertiary/aromatic N) is 2. The highest BCUT2D eigenvalue weighted by atomic mass is 19.1. The molecule has 2 rings (SSSR count). The highest BCUT2D eigenvalue weighted by molar-refractivity contribution is 5.95. The molecule has 0 aliphatic carbocycles. The van der Waals surface area contributed by atoms with Gasteiger partial charge < -0.3 is 10.0 Å². The standard InChI is InChI=1S/C12H13FN2O4/c13-9-4-8(5-10(6-9)15(18)19)12(17)14-3-1-2-11(16)7-14/h4-6,11,16H,1-3,7H2. The highest BCUT2D eigenvalue weighted by Crippen LogP contribution is 2.19. The first-order chi connectivity index (χ1) is 8.97. The molecule has 7 heteroatoms. The van der Waals surface area contributed by atoms with Crippen molar-refractivity contribution in [3.63, 3.8) is 0 Å². The Balaban J connectivity index is 2.25. The number of likely N-dealkylation sites (tertiary alicyclic amines) is 1. The minimum absolute atomic E-state index is 0.0687. The number of non-ortho nitro benzene ring substituents is 1. The van der Waals surface area contributed by atoms with Crippen LogP contribution in [0.1, 0.15) is 23.2 Å². The Morgan fingerprint density at radius 1 is 1.47 bits per heavy atom. The third kappa shape index (κ3) is 3.05. The van der Waals surface area contributed by atoms with Crippen LogP contribution in [0.5, 0.6) is 0 Å². The van der Waals surface area contributed by atoms with Crippen LogP contribution < -0.4 is 0 Å². The van der Waals surface area contributed by atoms with Crippen molar-refractivity contribution >= 4 is 11.6 Å². The van der Waals surface area contributed by atoms with E-state index in [0.29, 0.717) is 19.4 Å². The lowest BCUT2D eigenvalue weighted by Gasteiger charge is -2.30. The van der Waals surface area contributed by atoms with E-state index >= 15 is 0 Å². The molecule has 1 atom stereocenters. The predicted octanol–water partition coefficient (Wildman–Crippen LogP) is 1.33. The highest BCUT2D eigenvalue weighted by Gasteiger charge is 2.24. The quantitative estimate of drug-likeness (QED) is 0.648. The van der Waals surface area contributed by atoms with Crippen LogP contribution in [-0.2, 0) is 0 Å². The molecule has 1 amide bonds. The molecule has 1 aromatic carbocycles. The van der Waals surface area contributed by atoms with E-state index in [-0.39, 0.29) is 12.1 Å². The smallest absolute Gasteiger partial charge is 0.273 e. The van der Waals surface area contributed by atoms with Gasteiger partial charge in [-0.25, -0.2) is 4.39 Å². The molecule has 6 nitrogen and oxygen atoms in total. The van der Waals surface area contributed by atoms with E-state index in [1.54, 1.807) is 0 Å². The van der Waals surface area contributed by atoms with Crippen LogP contribution in [0.3, 0.4) is 0 Å². The first-order valence-electron chi connectivity index (χ1n) is 5.89. The number of aliphatic hydroxyl groups is 1. The molecule has 1 N–H and O–H groups in total. The van der Waals surface area contributed by atoms with E-state index in [0.717, 1.165) is 18.2 Å². The van der Waals surface area contributed by atoms with Gasteiger partial charge in [-0.05, 0) is 18.9 Å². The van der Waals surface area contributed by atoms with Crippen LogP contribution in [0, 0.1) is 15.9 Å². The van der Waals surface area contributed by atoms with Gasteiger partial charge in [-0.2, -0.15) is 0 Å². The van der Waals surface area contributed by atoms with E-state index < -0.39 is 28.4 Å². The summed E-state index contributed by atoms with van der Waals surface area (Å²) in [6.45, 7) is 0.628. The Morgan fingerprint density at radius 2 is 2.21 bits per heavy atom. The first-order valence-corrected chi connectivity index (χ1v) is 5.89. The monoisotopic (exact) mass is 268 g/mol. The number of amides is 1. The van der Waals surface area contributed by atoms with Crippen LogP contribution in [0.2, 0.25) is 0 Å². The van der Waals surface area contributed by atoms with Crippen molar-refractivity contribution in [3.8, 4) is 0 Å². The third-order valence-electron chi connectivity index (χ3n) is 3.02. The minimum atomic E-state index is -0.824. The second-order valence-electron chi connectivity index (χ2n) is 4.50. The van der Waals surface area contributed by atoms with Gasteiger partial charge in [-0.15, -0.1) is 0 Å². The lowest BCUT2D eigenvalue weighted by molar-refractivity contribution is -0.385. The maximum absolute atomic E-state index is 13.3. The summed E-state index contributed by atoms with van der Waals surface area (Å²) in [7, 11) is 0. The van der Waals surface area contributed by atoms with Gasteiger partial charge in [-0.1, -0.05) is 0 Å². The maximum atomic E-state index is 13.3. The van der Waals surface area contributed by atoms with Crippen LogP contribution >= 0.6 is 0 Å². The number of hydrogen-bond acceptors (Lipinski definition) is 4. The van der Waals surface area contributed by atoms with Crippen molar-refractivity contribution < 1.29 is 19.2 Å². The molecule has 1 aromatic rings. The molecule has 1 heterocycles. The summed E-state index contributed by atoms with van der Waals surface area (Å²) in [5.74, 6) is -1.32. The number of aliphatic hydroxyl groups excluding tert-OH is 1. The number of β-amino-alcohol motifs (C(OH)–C–C–N with tert-alkyl or cyclic N) is 1. The second-order valence-corrected chi connectivity index (χ2v) is 4.50. The van der Waals surface area contributed by atoms with E-state index in [1.165, 1.54) is 4.90 Å². The van der Waals surface area contributed by atoms with Crippen LogP contribution in [0.15, 0.2) is 18.2 Å². The number of carbonyl (C=O) groups is 1. The number of nitro benzene ring substituents is 1. The van der Waals surface area contributed by atoms with E-state index in [4.69, 9.17) is 0 Å². The maximum Gasteiger partial charge on any atom is 0.273 e. The number of nitro groups is 1. The summed E-state index contributed by atoms with van der Waals surface area (Å²) < 4.78 is 13.3. The molecule has 0 saturated carbocycles. The molecular formula is C12H13FN2O4. The zero-order valence-corrected chi connectivity index (χ0v) is 10.1. The second kappa shape index (κ2) is 5.31. The average Bonchev–Trinajstić information content (AvgIpc) is 2.37. The van der Waals surface area contributed by atoms with Gasteiger partial charge in [0.2, 0.25) is 0 Å². The topological polar surface area (TPSA) is 83.7 Å². The van der Waals surface area contributed by atoms with Gasteiger partial charge in [0.15, 0.2) is 0 Å². The molecule has 1 aliphatic rings. The molecular weight excluding hydrogens is 255 g/mol. The fraction of sp³-hybridized carbons (Fsp3) is 0.417. The van der Waals surface area contributed by atoms with Crippen molar-refractivity contribution in [2.75, 3.05) is 13.1 Å². The zero-order valence-electron chi connectivity index (χ0n) is 10.1. The third-order valence-corrected chi connectivity index (χ3v) is 3.02. The average molecular weight is 268 g/mol. The summed E-state index contributed by atoms with van der Waals surface area (Å²) in [5.41, 5.74) is -0.526. The largest absolute Gasteiger partial charge is 0.391 e. The first kappa shape index (κ1) is 13.4. The summed E-state index contributed by atoms with van der Waals surface area (Å²) in [5, 5.41) is 20.1. The van der Waals surface area contributed by atoms with Crippen molar-refractivity contribution in [1.29, 1.82) is 0 Å². The van der Waals surface area contributed by atoms with Gasteiger partial charge >= 0.3 is 0 Å². The van der Waals surface area contributed by atoms with Crippen molar-refractivity contribution in [3.05, 3.63) is 39.7 Å². The molecule has 1 unspecified atom stereocenters. The number of benzene rings is 1. The molecule has 1 fully saturated rings. The fourth-order valence-corrected chi connectivity index (χ4v) is 2.12. The van der Waals surface area contributed by atoms with Crippen LogP contribution in [0.4, 0.5) is 10.1 Å². The van der Waals surface area contributed by atoms with Crippen molar-refractivity contribution in [1.82, 2.24) is 4.90 Å². The Kier molecular flexibility index (Phi) is 3.75. The molecule has 0 aromatic heterocycles. The van der Waals surface area contributed by atoms with E-state index in [9.17, 15) is 24.4 Å². The summed E-state index contributed by atoms with van der Waals surface area (Å²) in [6, 6.07) is 2.78. The lowest BCUT2D eigenvalue weighted by atomic mass is 10.1. The lowest BCUT2D eigenvalue weighted by Crippen LogP contribution is -2.42. The Hall–Kier alpha value is -2.02. The summed E-state index contributed by atoms with van der Waals surface area (Å²) >= 11 is 0. The van der Waals surface area contributed by atoms with Gasteiger partial charge in [0.1, 0.15) is 5.82 Å². The molecule has 1 saturated heterocycles. The van der Waals surface area contributed by atoms with Crippen LogP contribution in [-0.4, -0.2) is 40.0 Å². The Labute approximate surface area is 108 Å². The SMILES string of the molecule is O=C(c1cc(F)cc([N+](=O)[O-])c1)N1CCCC(O)C1. The van der Waals surface area contributed by atoms with Crippen molar-refractivity contribution in [2.24, 2.45) is 0 Å². The van der Waals surface area contributed by atoms with Gasteiger partial charge in [0.25, 0.3) is 11.6 Å². The van der Waals surface area contributed by atoms with Gasteiger partial charge in [0.05, 0.1) is 17.1 Å². The Morgan fingerprint density at radius 3 is 2.84 bits per heavy atom. The van der Waals surface area contributed by atoms with E-state index in [2.05, 4.69) is 0 Å². The number of rotatable bonds is 2. The number of halogens is 1. The zero-order chi connectivity index (χ0) is 14.0. The van der Waals surface area contributed by atoms with Crippen LogP contribution in [0.25, 0.3) is 0 Å². The van der Waals surface area contributed by atoms with Gasteiger partial charge in [-0.3, -0.25) is 14.9 Å². The normalized spacial score (nSPS) is 19.3. The predicted molar refractivity (Wildman–Crippen MR) is 64.2 cm³/mol. The van der Waals surface area contributed by atoms with Crippen molar-refractivity contribution in [2.45, 2.75) is 18.9 Å². The molecule has 0 radical (unpaired) electrons. The fourth-order valence-electron chi connectivity index (χ4n) is 2.12. The molecule has 1 aliphatic heterocycles. The molecule has 0 spiro atoms. The number of piperidine rings is 1. The molecule has 102 valence electrons. The Bertz CT molecular complexity index is 520. The number of carbonyl (C=O) groups excluding carboxylic acids is 1. The van der Waals surface area contributed by atoms with E-state index in [1.807, 2.05) is 0 Å². The molecule has 19 heavy (non-hydrogen) atoms. The van der Waals surface area contributed by atoms with Gasteiger partial charge in [0, 0.05) is 24.7 Å². The minimum Gasteiger partial charge on any atom is -0.391 e. The summed E-state index contributed by atoms with van der Waals surface area (Å²) in [6.07, 6.45) is 0.679. The number of hydrogen-bond donors (Lipinski definition) is 1. The summed E-state index contributed by atoms with van der Waals surface area (Å²) in [4.78, 5) is 23.4. The molecule has 0 bridgehead atoms.